The van der Waals surface area contributed by atoms with Crippen molar-refractivity contribution in [2.24, 2.45) is 5.73 Å². The molecule has 0 aliphatic heterocycles. The molecule has 2 unspecified atom stereocenters. The van der Waals surface area contributed by atoms with Crippen molar-refractivity contribution in [1.82, 2.24) is 14.8 Å². The molecule has 2 aromatic heterocycles. The summed E-state index contributed by atoms with van der Waals surface area (Å²) in [6.07, 6.45) is 2.11. The number of aromatic nitrogens is 3. The minimum absolute atomic E-state index is 0.0231. The lowest BCUT2D eigenvalue weighted by molar-refractivity contribution is 0.636. The highest BCUT2D eigenvalue weighted by Crippen LogP contribution is 2.43. The Kier molecular flexibility index (Phi) is 4.07. The summed E-state index contributed by atoms with van der Waals surface area (Å²) >= 11 is 6.71. The molecule has 5 nitrogen and oxygen atoms in total. The fourth-order valence-corrected chi connectivity index (χ4v) is 4.94. The van der Waals surface area contributed by atoms with Gasteiger partial charge in [0.1, 0.15) is 0 Å². The van der Waals surface area contributed by atoms with E-state index in [0.29, 0.717) is 6.04 Å². The van der Waals surface area contributed by atoms with Crippen molar-refractivity contribution in [1.29, 1.82) is 0 Å². The van der Waals surface area contributed by atoms with Gasteiger partial charge in [-0.3, -0.25) is 4.57 Å². The van der Waals surface area contributed by atoms with Gasteiger partial charge in [0.05, 0.1) is 9.04 Å². The van der Waals surface area contributed by atoms with Crippen molar-refractivity contribution in [2.45, 2.75) is 42.3 Å². The summed E-state index contributed by atoms with van der Waals surface area (Å²) in [4.78, 5) is 13.0. The van der Waals surface area contributed by atoms with Crippen LogP contribution in [-0.4, -0.2) is 20.8 Å². The van der Waals surface area contributed by atoms with E-state index in [1.807, 2.05) is 13.0 Å². The van der Waals surface area contributed by atoms with Crippen molar-refractivity contribution in [3.63, 3.8) is 0 Å². The van der Waals surface area contributed by atoms with Crippen LogP contribution in [0.3, 0.4) is 0 Å². The van der Waals surface area contributed by atoms with Crippen LogP contribution >= 0.6 is 39.0 Å². The number of hydrogen-bond donors (Lipinski definition) is 2. The lowest BCUT2D eigenvalue weighted by Gasteiger charge is -2.18. The molecule has 0 amide bonds. The van der Waals surface area contributed by atoms with Crippen LogP contribution < -0.4 is 11.4 Å². The van der Waals surface area contributed by atoms with Crippen molar-refractivity contribution in [3.8, 4) is 0 Å². The van der Waals surface area contributed by atoms with Gasteiger partial charge in [-0.1, -0.05) is 11.8 Å². The largest absolute Gasteiger partial charge is 0.344 e. The molecule has 0 aromatic carbocycles. The van der Waals surface area contributed by atoms with Crippen molar-refractivity contribution < 1.29 is 0 Å². The second-order valence-electron chi connectivity index (χ2n) is 4.95. The Labute approximate surface area is 133 Å². The number of aromatic amines is 1. The molecule has 108 valence electrons. The van der Waals surface area contributed by atoms with Gasteiger partial charge in [-0.05, 0) is 47.8 Å². The average Bonchev–Trinajstić information content (AvgIpc) is 3.03. The zero-order valence-electron chi connectivity index (χ0n) is 10.9. The van der Waals surface area contributed by atoms with Crippen LogP contribution in [0.1, 0.15) is 35.9 Å². The standard InChI is InChI=1S/C12H15BrN4OS2/c1-6(14)10(8-4-5-9(13)19-8)20-12-16-15-11(18)17(12)7-2-3-7/h4-7,10H,2-3,14H2,1H3,(H,15,18). The van der Waals surface area contributed by atoms with Gasteiger partial charge < -0.3 is 5.73 Å². The molecule has 1 fully saturated rings. The zero-order chi connectivity index (χ0) is 14.3. The Bertz CT molecular complexity index is 658. The number of nitrogens with one attached hydrogen (secondary N) is 1. The Hall–Kier alpha value is -0.570. The van der Waals surface area contributed by atoms with Crippen LogP contribution in [0.5, 0.6) is 0 Å². The lowest BCUT2D eigenvalue weighted by atomic mass is 10.2. The van der Waals surface area contributed by atoms with E-state index in [1.54, 1.807) is 27.7 Å². The van der Waals surface area contributed by atoms with Crippen LogP contribution in [0.4, 0.5) is 0 Å². The summed E-state index contributed by atoms with van der Waals surface area (Å²) in [6, 6.07) is 4.38. The minimum Gasteiger partial charge on any atom is -0.327 e. The molecule has 1 saturated carbocycles. The SMILES string of the molecule is CC(N)C(Sc1n[nH]c(=O)n1C1CC1)c1ccc(Br)s1. The number of nitrogens with two attached hydrogens (primary N) is 1. The van der Waals surface area contributed by atoms with Gasteiger partial charge in [-0.2, -0.15) is 0 Å². The van der Waals surface area contributed by atoms with E-state index in [1.165, 1.54) is 4.88 Å². The lowest BCUT2D eigenvalue weighted by Crippen LogP contribution is -2.23. The van der Waals surface area contributed by atoms with Gasteiger partial charge in [-0.25, -0.2) is 9.89 Å². The quantitative estimate of drug-likeness (QED) is 0.788. The molecule has 3 rings (SSSR count). The number of rotatable bonds is 5. The summed E-state index contributed by atoms with van der Waals surface area (Å²) in [5.41, 5.74) is 6.00. The second kappa shape index (κ2) is 5.67. The molecule has 8 heteroatoms. The Balaban J connectivity index is 1.89. The highest BCUT2D eigenvalue weighted by Gasteiger charge is 2.31. The monoisotopic (exact) mass is 374 g/mol. The van der Waals surface area contributed by atoms with E-state index in [4.69, 9.17) is 5.73 Å². The van der Waals surface area contributed by atoms with Crippen LogP contribution in [0.25, 0.3) is 0 Å². The molecule has 3 N–H and O–H groups in total. The first kappa shape index (κ1) is 14.4. The molecule has 2 aromatic rings. The molecule has 2 atom stereocenters. The Morgan fingerprint density at radius 2 is 2.35 bits per heavy atom. The van der Waals surface area contributed by atoms with Gasteiger partial charge in [-0.15, -0.1) is 16.4 Å². The maximum atomic E-state index is 11.8. The normalized spacial score (nSPS) is 18.1. The van der Waals surface area contributed by atoms with E-state index < -0.39 is 0 Å². The van der Waals surface area contributed by atoms with Gasteiger partial charge >= 0.3 is 5.69 Å². The average molecular weight is 375 g/mol. The van der Waals surface area contributed by atoms with Crippen LogP contribution in [-0.2, 0) is 0 Å². The topological polar surface area (TPSA) is 76.7 Å². The van der Waals surface area contributed by atoms with Crippen LogP contribution in [0.2, 0.25) is 0 Å². The molecular formula is C12H15BrN4OS2. The van der Waals surface area contributed by atoms with E-state index in [2.05, 4.69) is 32.2 Å². The number of halogens is 1. The molecule has 0 spiro atoms. The van der Waals surface area contributed by atoms with Gasteiger partial charge in [0.2, 0.25) is 0 Å². The number of thiophene rings is 1. The second-order valence-corrected chi connectivity index (χ2v) is 8.56. The predicted molar refractivity (Wildman–Crippen MR) is 85.4 cm³/mol. The predicted octanol–water partition coefficient (Wildman–Crippen LogP) is 2.91. The number of nitrogens with zero attached hydrogens (tertiary/aromatic N) is 2. The third-order valence-electron chi connectivity index (χ3n) is 3.17. The first-order chi connectivity index (χ1) is 9.56. The molecule has 1 aliphatic rings. The Morgan fingerprint density at radius 1 is 1.60 bits per heavy atom. The van der Waals surface area contributed by atoms with E-state index in [0.717, 1.165) is 21.8 Å². The summed E-state index contributed by atoms with van der Waals surface area (Å²) in [6.45, 7) is 1.98. The van der Waals surface area contributed by atoms with Crippen molar-refractivity contribution in [2.75, 3.05) is 0 Å². The fourth-order valence-electron chi connectivity index (χ4n) is 2.05. The van der Waals surface area contributed by atoms with Gasteiger partial charge in [0.25, 0.3) is 0 Å². The summed E-state index contributed by atoms with van der Waals surface area (Å²) in [5, 5.41) is 7.54. The smallest absolute Gasteiger partial charge is 0.327 e. The van der Waals surface area contributed by atoms with E-state index in [-0.39, 0.29) is 17.0 Å². The molecule has 20 heavy (non-hydrogen) atoms. The Morgan fingerprint density at radius 3 is 2.90 bits per heavy atom. The number of H-pyrrole nitrogens is 1. The first-order valence-electron chi connectivity index (χ1n) is 6.40. The van der Waals surface area contributed by atoms with Crippen molar-refractivity contribution >= 4 is 39.0 Å². The maximum absolute atomic E-state index is 11.8. The summed E-state index contributed by atoms with van der Waals surface area (Å²) < 4.78 is 2.85. The molecule has 1 aliphatic carbocycles. The van der Waals surface area contributed by atoms with E-state index >= 15 is 0 Å². The highest BCUT2D eigenvalue weighted by molar-refractivity contribution is 9.11. The molecule has 0 saturated heterocycles. The van der Waals surface area contributed by atoms with E-state index in [9.17, 15) is 4.79 Å². The molecule has 0 bridgehead atoms. The van der Waals surface area contributed by atoms with Gasteiger partial charge in [0.15, 0.2) is 5.16 Å². The zero-order valence-corrected chi connectivity index (χ0v) is 14.1. The summed E-state index contributed by atoms with van der Waals surface area (Å²) in [7, 11) is 0. The molecule has 0 radical (unpaired) electrons. The molecular weight excluding hydrogens is 360 g/mol. The third-order valence-corrected chi connectivity index (χ3v) is 6.46. The van der Waals surface area contributed by atoms with Crippen LogP contribution in [0.15, 0.2) is 25.9 Å². The summed E-state index contributed by atoms with van der Waals surface area (Å²) in [5.74, 6) is 0. The molecule has 2 heterocycles. The van der Waals surface area contributed by atoms with Crippen molar-refractivity contribution in [3.05, 3.63) is 31.3 Å². The fraction of sp³-hybridized carbons (Fsp3) is 0.500. The number of hydrogen-bond acceptors (Lipinski definition) is 5. The highest BCUT2D eigenvalue weighted by atomic mass is 79.9. The minimum atomic E-state index is -0.120. The third kappa shape index (κ3) is 2.88. The maximum Gasteiger partial charge on any atom is 0.344 e. The first-order valence-corrected chi connectivity index (χ1v) is 8.89. The van der Waals surface area contributed by atoms with Crippen LogP contribution in [0, 0.1) is 0 Å². The number of thioether (sulfide) groups is 1. The van der Waals surface area contributed by atoms with Gasteiger partial charge in [0, 0.05) is 17.0 Å².